The Balaban J connectivity index is 4.81. The second-order valence-corrected chi connectivity index (χ2v) is 9.22. The van der Waals surface area contributed by atoms with Crippen molar-refractivity contribution in [3.8, 4) is 0 Å². The fourth-order valence-corrected chi connectivity index (χ4v) is 3.34. The highest BCUT2D eigenvalue weighted by Crippen LogP contribution is 2.24. The highest BCUT2D eigenvalue weighted by molar-refractivity contribution is 5.81. The van der Waals surface area contributed by atoms with E-state index in [0.29, 0.717) is 6.42 Å². The fourth-order valence-electron chi connectivity index (χ4n) is 3.34. The zero-order valence-electron chi connectivity index (χ0n) is 17.4. The van der Waals surface area contributed by atoms with Crippen molar-refractivity contribution in [2.24, 2.45) is 0 Å². The molecular weight excluding hydrogens is 318 g/mol. The Kier molecular flexibility index (Phi) is 7.70. The average Bonchev–Trinajstić information content (AvgIpc) is 2.33. The summed E-state index contributed by atoms with van der Waals surface area (Å²) in [6.45, 7) is 19.0. The summed E-state index contributed by atoms with van der Waals surface area (Å²) in [5.41, 5.74) is -1.74. The van der Waals surface area contributed by atoms with Crippen molar-refractivity contribution in [1.82, 2.24) is 16.0 Å². The monoisotopic (exact) mass is 355 g/mol. The molecule has 3 N–H and O–H groups in total. The summed E-state index contributed by atoms with van der Waals surface area (Å²) in [5.74, 6) is -0.472. The maximum Gasteiger partial charge on any atom is 0.330 e. The molecule has 0 aliphatic rings. The summed E-state index contributed by atoms with van der Waals surface area (Å²) in [5, 5.41) is 9.25. The molecule has 2 amide bonds. The van der Waals surface area contributed by atoms with Crippen LogP contribution in [0.5, 0.6) is 0 Å². The topological polar surface area (TPSA) is 79.5 Å². The third-order valence-electron chi connectivity index (χ3n) is 3.88. The van der Waals surface area contributed by atoms with Crippen LogP contribution in [-0.4, -0.2) is 41.3 Å². The van der Waals surface area contributed by atoms with Crippen LogP contribution >= 0.6 is 0 Å². The van der Waals surface area contributed by atoms with Crippen LogP contribution < -0.4 is 16.0 Å². The Hall–Kier alpha value is -1.56. The van der Waals surface area contributed by atoms with Crippen LogP contribution in [-0.2, 0) is 9.53 Å². The van der Waals surface area contributed by atoms with Gasteiger partial charge in [0.2, 0.25) is 0 Å². The first-order chi connectivity index (χ1) is 11.0. The zero-order valence-corrected chi connectivity index (χ0v) is 17.4. The number of amides is 2. The largest absolute Gasteiger partial charge is 0.456 e. The predicted molar refractivity (Wildman–Crippen MR) is 103 cm³/mol. The maximum atomic E-state index is 12.4. The summed E-state index contributed by atoms with van der Waals surface area (Å²) >= 11 is 0. The molecule has 0 aliphatic carbocycles. The molecule has 0 heterocycles. The van der Waals surface area contributed by atoms with E-state index in [1.54, 1.807) is 0 Å². The summed E-state index contributed by atoms with van der Waals surface area (Å²) in [4.78, 5) is 23.9. The van der Waals surface area contributed by atoms with E-state index in [9.17, 15) is 9.59 Å². The van der Waals surface area contributed by atoms with Crippen LogP contribution in [0.25, 0.3) is 0 Å². The Bertz CT molecular complexity index is 494. The van der Waals surface area contributed by atoms with E-state index in [2.05, 4.69) is 36.4 Å². The molecule has 0 aliphatic heterocycles. The number of hydrogen-bond acceptors (Lipinski definition) is 4. The van der Waals surface area contributed by atoms with Gasteiger partial charge in [0.1, 0.15) is 5.60 Å². The highest BCUT2D eigenvalue weighted by atomic mass is 16.6. The second-order valence-electron chi connectivity index (χ2n) is 9.22. The Morgan fingerprint density at radius 2 is 1.32 bits per heavy atom. The first kappa shape index (κ1) is 23.4. The van der Waals surface area contributed by atoms with Crippen molar-refractivity contribution in [2.75, 3.05) is 7.05 Å². The highest BCUT2D eigenvalue weighted by Gasteiger charge is 2.34. The molecule has 0 atom stereocenters. The molecule has 6 nitrogen and oxygen atoms in total. The van der Waals surface area contributed by atoms with Crippen molar-refractivity contribution in [1.29, 1.82) is 0 Å². The lowest BCUT2D eigenvalue weighted by Crippen LogP contribution is -2.58. The van der Waals surface area contributed by atoms with Gasteiger partial charge in [0.25, 0.3) is 0 Å². The van der Waals surface area contributed by atoms with E-state index in [1.165, 1.54) is 0 Å². The normalized spacial score (nSPS) is 13.2. The lowest BCUT2D eigenvalue weighted by Gasteiger charge is -2.38. The standard InChI is InChI=1S/C19H37N3O3/c1-11-14(23)25-19(8,9)13-18(6,7)22-15(24)21-17(4,5)12-16(2,3)20-10/h11,20H,1,12-13H2,2-10H3,(H2,21,22,24). The summed E-state index contributed by atoms with van der Waals surface area (Å²) in [7, 11) is 1.91. The van der Waals surface area contributed by atoms with E-state index < -0.39 is 17.1 Å². The molecule has 0 aromatic carbocycles. The van der Waals surface area contributed by atoms with E-state index in [-0.39, 0.29) is 17.1 Å². The minimum Gasteiger partial charge on any atom is -0.456 e. The zero-order chi connectivity index (χ0) is 20.1. The molecule has 146 valence electrons. The van der Waals surface area contributed by atoms with Crippen molar-refractivity contribution < 1.29 is 14.3 Å². The minimum atomic E-state index is -0.717. The van der Waals surface area contributed by atoms with Gasteiger partial charge in [-0.05, 0) is 68.9 Å². The van der Waals surface area contributed by atoms with E-state index in [4.69, 9.17) is 4.74 Å². The molecule has 0 aromatic rings. The van der Waals surface area contributed by atoms with Gasteiger partial charge in [0, 0.05) is 29.1 Å². The van der Waals surface area contributed by atoms with E-state index in [1.807, 2.05) is 48.6 Å². The predicted octanol–water partition coefficient (Wildman–Crippen LogP) is 3.13. The molecule has 0 radical (unpaired) electrons. The molecule has 0 rings (SSSR count). The number of esters is 1. The third kappa shape index (κ3) is 10.1. The number of carbonyl (C=O) groups is 2. The smallest absolute Gasteiger partial charge is 0.330 e. The lowest BCUT2D eigenvalue weighted by atomic mass is 9.87. The number of nitrogens with one attached hydrogen (secondary N) is 3. The van der Waals surface area contributed by atoms with E-state index in [0.717, 1.165) is 12.5 Å². The molecule has 0 saturated heterocycles. The van der Waals surface area contributed by atoms with Crippen LogP contribution in [0.1, 0.15) is 68.2 Å². The van der Waals surface area contributed by atoms with Gasteiger partial charge in [-0.2, -0.15) is 0 Å². The van der Waals surface area contributed by atoms with Gasteiger partial charge in [0.15, 0.2) is 0 Å². The minimum absolute atomic E-state index is 0.0901. The summed E-state index contributed by atoms with van der Waals surface area (Å²) < 4.78 is 5.35. The van der Waals surface area contributed by atoms with Crippen molar-refractivity contribution in [2.45, 2.75) is 90.4 Å². The van der Waals surface area contributed by atoms with Crippen LogP contribution in [0.3, 0.4) is 0 Å². The summed E-state index contributed by atoms with van der Waals surface area (Å²) in [6, 6.07) is -0.243. The Morgan fingerprint density at radius 1 is 0.880 bits per heavy atom. The molecule has 0 fully saturated rings. The summed E-state index contributed by atoms with van der Waals surface area (Å²) in [6.07, 6.45) is 2.38. The lowest BCUT2D eigenvalue weighted by molar-refractivity contribution is -0.151. The number of urea groups is 1. The van der Waals surface area contributed by atoms with Crippen LogP contribution in [0, 0.1) is 0 Å². The van der Waals surface area contributed by atoms with Crippen molar-refractivity contribution in [3.63, 3.8) is 0 Å². The molecule has 0 spiro atoms. The number of rotatable bonds is 9. The Labute approximate surface area is 153 Å². The molecule has 0 unspecified atom stereocenters. The van der Waals surface area contributed by atoms with Gasteiger partial charge >= 0.3 is 12.0 Å². The average molecular weight is 356 g/mol. The number of hydrogen-bond donors (Lipinski definition) is 3. The van der Waals surface area contributed by atoms with Crippen molar-refractivity contribution in [3.05, 3.63) is 12.7 Å². The molecule has 0 aromatic heterocycles. The maximum absolute atomic E-state index is 12.4. The molecule has 0 saturated carbocycles. The second kappa shape index (κ2) is 8.21. The van der Waals surface area contributed by atoms with Crippen LogP contribution in [0.2, 0.25) is 0 Å². The van der Waals surface area contributed by atoms with Gasteiger partial charge < -0.3 is 20.7 Å². The molecule has 6 heteroatoms. The quantitative estimate of drug-likeness (QED) is 0.438. The van der Waals surface area contributed by atoms with Gasteiger partial charge in [-0.3, -0.25) is 0 Å². The Morgan fingerprint density at radius 3 is 1.72 bits per heavy atom. The molecular formula is C19H37N3O3. The number of ether oxygens (including phenoxy) is 1. The van der Waals surface area contributed by atoms with Crippen LogP contribution in [0.4, 0.5) is 4.79 Å². The first-order valence-corrected chi connectivity index (χ1v) is 8.68. The SMILES string of the molecule is C=CC(=O)OC(C)(C)CC(C)(C)NC(=O)NC(C)(C)CC(C)(C)NC. The van der Waals surface area contributed by atoms with Gasteiger partial charge in [-0.1, -0.05) is 6.58 Å². The number of carbonyl (C=O) groups excluding carboxylic acids is 2. The van der Waals surface area contributed by atoms with Crippen molar-refractivity contribution >= 4 is 12.0 Å². The van der Waals surface area contributed by atoms with Gasteiger partial charge in [0.05, 0.1) is 0 Å². The fraction of sp³-hybridized carbons (Fsp3) is 0.789. The van der Waals surface area contributed by atoms with E-state index >= 15 is 0 Å². The van der Waals surface area contributed by atoms with Crippen LogP contribution in [0.15, 0.2) is 12.7 Å². The first-order valence-electron chi connectivity index (χ1n) is 8.68. The molecule has 25 heavy (non-hydrogen) atoms. The molecule has 0 bridgehead atoms. The van der Waals surface area contributed by atoms with Gasteiger partial charge in [-0.15, -0.1) is 0 Å². The van der Waals surface area contributed by atoms with Gasteiger partial charge in [-0.25, -0.2) is 9.59 Å². The third-order valence-corrected chi connectivity index (χ3v) is 3.88.